The fourth-order valence-electron chi connectivity index (χ4n) is 2.45. The molecule has 15 heavy (non-hydrogen) atoms. The average molecular weight is 208 g/mol. The summed E-state index contributed by atoms with van der Waals surface area (Å²) in [6.07, 6.45) is 8.73. The number of nitrogens with zero attached hydrogens (tertiary/aromatic N) is 1. The first-order valence-electron chi connectivity index (χ1n) is 5.86. The van der Waals surface area contributed by atoms with Crippen LogP contribution < -0.4 is 0 Å². The van der Waals surface area contributed by atoms with Crippen molar-refractivity contribution in [2.75, 3.05) is 13.2 Å². The maximum atomic E-state index is 8.85. The van der Waals surface area contributed by atoms with Crippen molar-refractivity contribution in [2.45, 2.75) is 38.3 Å². The van der Waals surface area contributed by atoms with Gasteiger partial charge in [-0.2, -0.15) is 0 Å². The zero-order valence-electron chi connectivity index (χ0n) is 9.15. The third-order valence-electron chi connectivity index (χ3n) is 3.24. The van der Waals surface area contributed by atoms with Crippen LogP contribution in [-0.2, 0) is 6.54 Å². The highest BCUT2D eigenvalue weighted by Gasteiger charge is 2.23. The third kappa shape index (κ3) is 2.83. The van der Waals surface area contributed by atoms with Crippen LogP contribution in [0.4, 0.5) is 0 Å². The van der Waals surface area contributed by atoms with E-state index in [9.17, 15) is 0 Å². The molecule has 2 heterocycles. The molecule has 1 saturated heterocycles. The van der Waals surface area contributed by atoms with Gasteiger partial charge in [-0.1, -0.05) is 0 Å². The zero-order valence-corrected chi connectivity index (χ0v) is 9.15. The van der Waals surface area contributed by atoms with Crippen molar-refractivity contribution in [3.63, 3.8) is 0 Å². The van der Waals surface area contributed by atoms with Crippen molar-refractivity contribution in [3.05, 3.63) is 24.0 Å². The number of aromatic nitrogens is 1. The molecule has 0 spiro atoms. The first-order chi connectivity index (χ1) is 7.40. The Labute approximate surface area is 91.1 Å². The van der Waals surface area contributed by atoms with Gasteiger partial charge in [-0.25, -0.2) is 0 Å². The van der Waals surface area contributed by atoms with E-state index in [0.717, 1.165) is 19.4 Å². The van der Waals surface area contributed by atoms with Gasteiger partial charge in [0.15, 0.2) is 0 Å². The van der Waals surface area contributed by atoms with Gasteiger partial charge in [-0.15, -0.1) is 0 Å². The van der Waals surface area contributed by atoms with E-state index in [1.165, 1.54) is 24.9 Å². The van der Waals surface area contributed by atoms with Gasteiger partial charge in [0.05, 0.1) is 0 Å². The topological polar surface area (TPSA) is 39.3 Å². The lowest BCUT2D eigenvalue weighted by atomic mass is 10.1. The van der Waals surface area contributed by atoms with Crippen molar-refractivity contribution in [1.29, 1.82) is 0 Å². The number of aromatic amines is 1. The number of likely N-dealkylation sites (tertiary alicyclic amines) is 1. The molecule has 1 unspecified atom stereocenters. The highest BCUT2D eigenvalue weighted by atomic mass is 16.2. The molecule has 3 heteroatoms. The van der Waals surface area contributed by atoms with E-state index in [4.69, 9.17) is 5.11 Å². The Morgan fingerprint density at radius 3 is 3.20 bits per heavy atom. The van der Waals surface area contributed by atoms with Crippen LogP contribution in [0.2, 0.25) is 0 Å². The number of hydrogen-bond acceptors (Lipinski definition) is 2. The summed E-state index contributed by atoms with van der Waals surface area (Å²) in [6, 6.07) is 2.83. The minimum Gasteiger partial charge on any atom is -0.396 e. The Morgan fingerprint density at radius 1 is 1.53 bits per heavy atom. The lowest BCUT2D eigenvalue weighted by molar-refractivity contribution is 0.210. The summed E-state index contributed by atoms with van der Waals surface area (Å²) in [6.45, 7) is 2.59. The fourth-order valence-corrected chi connectivity index (χ4v) is 2.45. The van der Waals surface area contributed by atoms with Gasteiger partial charge in [0.2, 0.25) is 0 Å². The molecule has 1 fully saturated rings. The minimum atomic E-state index is 0.328. The molecule has 1 aromatic rings. The normalized spacial score (nSPS) is 22.3. The van der Waals surface area contributed by atoms with Gasteiger partial charge >= 0.3 is 0 Å². The quantitative estimate of drug-likeness (QED) is 0.774. The number of nitrogens with one attached hydrogen (secondary N) is 1. The second-order valence-electron chi connectivity index (χ2n) is 4.35. The Bertz CT molecular complexity index is 271. The van der Waals surface area contributed by atoms with Crippen LogP contribution in [-0.4, -0.2) is 34.2 Å². The Hall–Kier alpha value is -0.800. The molecular formula is C12H20N2O. The Kier molecular flexibility index (Phi) is 3.80. The first kappa shape index (κ1) is 10.7. The summed E-state index contributed by atoms with van der Waals surface area (Å²) < 4.78 is 0. The van der Waals surface area contributed by atoms with E-state index in [1.54, 1.807) is 0 Å². The predicted molar refractivity (Wildman–Crippen MR) is 60.5 cm³/mol. The van der Waals surface area contributed by atoms with Crippen molar-refractivity contribution in [3.8, 4) is 0 Å². The molecule has 0 aliphatic carbocycles. The van der Waals surface area contributed by atoms with Gasteiger partial charge in [0.1, 0.15) is 0 Å². The SMILES string of the molecule is OCCCC1CCCN1Cc1cc[nH]c1. The van der Waals surface area contributed by atoms with E-state index >= 15 is 0 Å². The Balaban J connectivity index is 1.85. The van der Waals surface area contributed by atoms with E-state index in [1.807, 2.05) is 6.20 Å². The molecule has 1 aliphatic rings. The van der Waals surface area contributed by atoms with Crippen LogP contribution in [0.3, 0.4) is 0 Å². The molecule has 0 saturated carbocycles. The summed E-state index contributed by atoms with van der Waals surface area (Å²) in [4.78, 5) is 5.64. The van der Waals surface area contributed by atoms with E-state index < -0.39 is 0 Å². The van der Waals surface area contributed by atoms with Crippen molar-refractivity contribution in [2.24, 2.45) is 0 Å². The minimum absolute atomic E-state index is 0.328. The largest absolute Gasteiger partial charge is 0.396 e. The van der Waals surface area contributed by atoms with Crippen LogP contribution in [0.15, 0.2) is 18.5 Å². The molecular weight excluding hydrogens is 188 g/mol. The van der Waals surface area contributed by atoms with Gasteiger partial charge in [0.25, 0.3) is 0 Å². The lowest BCUT2D eigenvalue weighted by Crippen LogP contribution is -2.28. The summed E-state index contributed by atoms with van der Waals surface area (Å²) in [5, 5.41) is 8.85. The molecule has 2 rings (SSSR count). The van der Waals surface area contributed by atoms with Crippen LogP contribution in [0.5, 0.6) is 0 Å². The molecule has 1 aliphatic heterocycles. The summed E-state index contributed by atoms with van der Waals surface area (Å²) >= 11 is 0. The van der Waals surface area contributed by atoms with E-state index in [2.05, 4.69) is 22.1 Å². The molecule has 0 aromatic carbocycles. The van der Waals surface area contributed by atoms with Crippen molar-refractivity contribution >= 4 is 0 Å². The maximum Gasteiger partial charge on any atom is 0.0431 e. The number of hydrogen-bond donors (Lipinski definition) is 2. The third-order valence-corrected chi connectivity index (χ3v) is 3.24. The van der Waals surface area contributed by atoms with Gasteiger partial charge in [-0.3, -0.25) is 4.90 Å². The average Bonchev–Trinajstić information content (AvgIpc) is 2.87. The van der Waals surface area contributed by atoms with Crippen molar-refractivity contribution < 1.29 is 5.11 Å². The van der Waals surface area contributed by atoms with Crippen LogP contribution in [0.1, 0.15) is 31.2 Å². The molecule has 0 radical (unpaired) electrons. The monoisotopic (exact) mass is 208 g/mol. The van der Waals surface area contributed by atoms with Crippen LogP contribution in [0.25, 0.3) is 0 Å². The lowest BCUT2D eigenvalue weighted by Gasteiger charge is -2.23. The summed E-state index contributed by atoms with van der Waals surface area (Å²) in [5.74, 6) is 0. The number of H-pyrrole nitrogens is 1. The molecule has 2 N–H and O–H groups in total. The summed E-state index contributed by atoms with van der Waals surface area (Å²) in [7, 11) is 0. The van der Waals surface area contributed by atoms with Gasteiger partial charge in [-0.05, 0) is 43.9 Å². The number of rotatable bonds is 5. The molecule has 0 bridgehead atoms. The standard InChI is InChI=1S/C12H20N2O/c15-8-2-4-12-3-1-7-14(12)10-11-5-6-13-9-11/h5-6,9,12-13,15H,1-4,7-8,10H2. The first-order valence-corrected chi connectivity index (χ1v) is 5.86. The van der Waals surface area contributed by atoms with E-state index in [-0.39, 0.29) is 0 Å². The zero-order chi connectivity index (χ0) is 10.5. The smallest absolute Gasteiger partial charge is 0.0431 e. The summed E-state index contributed by atoms with van der Waals surface area (Å²) in [5.41, 5.74) is 1.37. The number of aliphatic hydroxyl groups is 1. The van der Waals surface area contributed by atoms with Gasteiger partial charge < -0.3 is 10.1 Å². The number of aliphatic hydroxyl groups excluding tert-OH is 1. The highest BCUT2D eigenvalue weighted by molar-refractivity contribution is 5.08. The van der Waals surface area contributed by atoms with E-state index in [0.29, 0.717) is 12.6 Å². The highest BCUT2D eigenvalue weighted by Crippen LogP contribution is 2.23. The van der Waals surface area contributed by atoms with Gasteiger partial charge in [0, 0.05) is 31.6 Å². The predicted octanol–water partition coefficient (Wildman–Crippen LogP) is 1.75. The Morgan fingerprint density at radius 2 is 2.47 bits per heavy atom. The fraction of sp³-hybridized carbons (Fsp3) is 0.667. The molecule has 1 aromatic heterocycles. The van der Waals surface area contributed by atoms with Crippen LogP contribution >= 0.6 is 0 Å². The molecule has 3 nitrogen and oxygen atoms in total. The molecule has 84 valence electrons. The van der Waals surface area contributed by atoms with Crippen LogP contribution in [0, 0.1) is 0 Å². The molecule has 1 atom stereocenters. The van der Waals surface area contributed by atoms with Crippen molar-refractivity contribution in [1.82, 2.24) is 9.88 Å². The molecule has 0 amide bonds. The second-order valence-corrected chi connectivity index (χ2v) is 4.35. The maximum absolute atomic E-state index is 8.85. The second kappa shape index (κ2) is 5.33.